The second kappa shape index (κ2) is 4.90. The Kier molecular flexibility index (Phi) is 3.31. The van der Waals surface area contributed by atoms with Crippen LogP contribution in [0.15, 0.2) is 30.7 Å². The number of nitrogens with zero attached hydrogens (tertiary/aromatic N) is 3. The highest BCUT2D eigenvalue weighted by atomic mass is 15.1. The molecule has 2 rings (SSSR count). The van der Waals surface area contributed by atoms with Gasteiger partial charge in [-0.25, -0.2) is 9.97 Å². The van der Waals surface area contributed by atoms with E-state index in [1.165, 1.54) is 5.56 Å². The van der Waals surface area contributed by atoms with Crippen LogP contribution in [0.3, 0.4) is 0 Å². The molecule has 4 nitrogen and oxygen atoms in total. The predicted octanol–water partition coefficient (Wildman–Crippen LogP) is 1.55. The van der Waals surface area contributed by atoms with Crippen LogP contribution in [0.4, 0.5) is 0 Å². The summed E-state index contributed by atoms with van der Waals surface area (Å²) in [4.78, 5) is 8.66. The van der Waals surface area contributed by atoms with Crippen LogP contribution < -0.4 is 5.32 Å². The number of nitrogens with one attached hydrogen (secondary N) is 1. The summed E-state index contributed by atoms with van der Waals surface area (Å²) in [6.45, 7) is 2.95. The summed E-state index contributed by atoms with van der Waals surface area (Å²) in [5.41, 5.74) is 1.23. The lowest BCUT2D eigenvalue weighted by Gasteiger charge is -2.07. The summed E-state index contributed by atoms with van der Waals surface area (Å²) >= 11 is 0. The van der Waals surface area contributed by atoms with Crippen molar-refractivity contribution >= 4 is 0 Å². The van der Waals surface area contributed by atoms with Gasteiger partial charge in [0.25, 0.3) is 0 Å². The third-order valence-electron chi connectivity index (χ3n) is 2.47. The topological polar surface area (TPSA) is 42.7 Å². The molecule has 16 heavy (non-hydrogen) atoms. The van der Waals surface area contributed by atoms with Gasteiger partial charge in [0.1, 0.15) is 11.6 Å². The smallest absolute Gasteiger partial charge is 0.138 e. The number of hydrogen-bond donors (Lipinski definition) is 1. The summed E-state index contributed by atoms with van der Waals surface area (Å²) in [5, 5.41) is 3.13. The molecule has 2 heterocycles. The lowest BCUT2D eigenvalue weighted by molar-refractivity contribution is 0.807. The number of pyridine rings is 1. The van der Waals surface area contributed by atoms with Gasteiger partial charge in [-0.05, 0) is 24.7 Å². The van der Waals surface area contributed by atoms with E-state index in [0.29, 0.717) is 0 Å². The monoisotopic (exact) mass is 216 g/mol. The first kappa shape index (κ1) is 10.8. The van der Waals surface area contributed by atoms with E-state index in [4.69, 9.17) is 0 Å². The fourth-order valence-corrected chi connectivity index (χ4v) is 1.71. The first-order valence-corrected chi connectivity index (χ1v) is 5.47. The molecule has 84 valence electrons. The van der Waals surface area contributed by atoms with Gasteiger partial charge in [-0.2, -0.15) is 0 Å². The lowest BCUT2D eigenvalue weighted by atomic mass is 10.2. The van der Waals surface area contributed by atoms with Crippen molar-refractivity contribution in [1.82, 2.24) is 19.9 Å². The van der Waals surface area contributed by atoms with E-state index in [1.54, 1.807) is 0 Å². The van der Waals surface area contributed by atoms with Crippen molar-refractivity contribution in [3.63, 3.8) is 0 Å². The molecule has 0 unspecified atom stereocenters. The predicted molar refractivity (Wildman–Crippen MR) is 63.5 cm³/mol. The number of aromatic nitrogens is 3. The standard InChI is InChI=1S/C12H16N4/c1-3-11-15-6-7-16(11)12-8-10(9-13-2)4-5-14-12/h4-8,13H,3,9H2,1-2H3. The summed E-state index contributed by atoms with van der Waals surface area (Å²) in [7, 11) is 1.94. The van der Waals surface area contributed by atoms with Crippen LogP contribution in [0.25, 0.3) is 5.82 Å². The lowest BCUT2D eigenvalue weighted by Crippen LogP contribution is -2.07. The van der Waals surface area contributed by atoms with E-state index >= 15 is 0 Å². The van der Waals surface area contributed by atoms with Gasteiger partial charge in [0.2, 0.25) is 0 Å². The molecule has 0 amide bonds. The first-order valence-electron chi connectivity index (χ1n) is 5.47. The zero-order valence-electron chi connectivity index (χ0n) is 9.64. The highest BCUT2D eigenvalue weighted by Gasteiger charge is 2.04. The zero-order valence-corrected chi connectivity index (χ0v) is 9.64. The van der Waals surface area contributed by atoms with Gasteiger partial charge in [-0.15, -0.1) is 0 Å². The Labute approximate surface area is 95.4 Å². The Bertz CT molecular complexity index is 462. The molecule has 0 saturated carbocycles. The van der Waals surface area contributed by atoms with E-state index in [2.05, 4.69) is 28.3 Å². The normalized spacial score (nSPS) is 10.6. The quantitative estimate of drug-likeness (QED) is 0.843. The van der Waals surface area contributed by atoms with Gasteiger partial charge in [0.05, 0.1) is 0 Å². The minimum Gasteiger partial charge on any atom is -0.316 e. The van der Waals surface area contributed by atoms with Crippen molar-refractivity contribution in [2.24, 2.45) is 0 Å². The molecule has 0 fully saturated rings. The summed E-state index contributed by atoms with van der Waals surface area (Å²) in [5.74, 6) is 1.97. The molecule has 0 aliphatic rings. The number of imidazole rings is 1. The van der Waals surface area contributed by atoms with Crippen LogP contribution in [0.2, 0.25) is 0 Å². The fraction of sp³-hybridized carbons (Fsp3) is 0.333. The van der Waals surface area contributed by atoms with Crippen LogP contribution in [0.5, 0.6) is 0 Å². The Morgan fingerprint density at radius 1 is 1.31 bits per heavy atom. The van der Waals surface area contributed by atoms with E-state index in [1.807, 2.05) is 36.3 Å². The zero-order chi connectivity index (χ0) is 11.4. The molecule has 0 bridgehead atoms. The number of hydrogen-bond acceptors (Lipinski definition) is 3. The summed E-state index contributed by atoms with van der Waals surface area (Å²) in [6, 6.07) is 4.10. The largest absolute Gasteiger partial charge is 0.316 e. The van der Waals surface area contributed by atoms with E-state index < -0.39 is 0 Å². The van der Waals surface area contributed by atoms with Gasteiger partial charge in [-0.3, -0.25) is 4.57 Å². The Morgan fingerprint density at radius 2 is 2.19 bits per heavy atom. The highest BCUT2D eigenvalue weighted by Crippen LogP contribution is 2.10. The minimum atomic E-state index is 0.853. The summed E-state index contributed by atoms with van der Waals surface area (Å²) in [6.07, 6.45) is 6.50. The van der Waals surface area contributed by atoms with Crippen molar-refractivity contribution in [1.29, 1.82) is 0 Å². The van der Waals surface area contributed by atoms with Crippen molar-refractivity contribution in [2.45, 2.75) is 19.9 Å². The van der Waals surface area contributed by atoms with E-state index in [-0.39, 0.29) is 0 Å². The average Bonchev–Trinajstić information content (AvgIpc) is 2.78. The van der Waals surface area contributed by atoms with Crippen LogP contribution in [-0.2, 0) is 13.0 Å². The molecule has 2 aromatic heterocycles. The minimum absolute atomic E-state index is 0.853. The van der Waals surface area contributed by atoms with Crippen molar-refractivity contribution in [2.75, 3.05) is 7.05 Å². The van der Waals surface area contributed by atoms with Gasteiger partial charge < -0.3 is 5.32 Å². The maximum atomic E-state index is 4.37. The fourth-order valence-electron chi connectivity index (χ4n) is 1.71. The van der Waals surface area contributed by atoms with Gasteiger partial charge >= 0.3 is 0 Å². The molecule has 1 N–H and O–H groups in total. The van der Waals surface area contributed by atoms with Gasteiger partial charge in [0, 0.05) is 31.6 Å². The highest BCUT2D eigenvalue weighted by molar-refractivity contribution is 5.29. The SMILES string of the molecule is CCc1nccn1-c1cc(CNC)ccn1. The Morgan fingerprint density at radius 3 is 2.94 bits per heavy atom. The molecular weight excluding hydrogens is 200 g/mol. The van der Waals surface area contributed by atoms with Gasteiger partial charge in [0.15, 0.2) is 0 Å². The third-order valence-corrected chi connectivity index (χ3v) is 2.47. The van der Waals surface area contributed by atoms with Crippen molar-refractivity contribution < 1.29 is 0 Å². The average molecular weight is 216 g/mol. The van der Waals surface area contributed by atoms with Crippen molar-refractivity contribution in [3.05, 3.63) is 42.1 Å². The molecule has 0 spiro atoms. The Hall–Kier alpha value is -1.68. The number of rotatable bonds is 4. The third kappa shape index (κ3) is 2.12. The van der Waals surface area contributed by atoms with Crippen LogP contribution >= 0.6 is 0 Å². The van der Waals surface area contributed by atoms with Crippen LogP contribution in [-0.4, -0.2) is 21.6 Å². The van der Waals surface area contributed by atoms with E-state index in [9.17, 15) is 0 Å². The molecule has 0 aliphatic carbocycles. The first-order chi connectivity index (χ1) is 7.85. The molecule has 4 heteroatoms. The maximum absolute atomic E-state index is 4.37. The van der Waals surface area contributed by atoms with Gasteiger partial charge in [-0.1, -0.05) is 6.92 Å². The Balaban J connectivity index is 2.36. The molecule has 0 aliphatic heterocycles. The van der Waals surface area contributed by atoms with Crippen LogP contribution in [0.1, 0.15) is 18.3 Å². The molecule has 2 aromatic rings. The summed E-state index contributed by atoms with van der Waals surface area (Å²) < 4.78 is 2.03. The van der Waals surface area contributed by atoms with Crippen molar-refractivity contribution in [3.8, 4) is 5.82 Å². The number of aryl methyl sites for hydroxylation is 1. The molecule has 0 saturated heterocycles. The molecule has 0 radical (unpaired) electrons. The molecular formula is C12H16N4. The maximum Gasteiger partial charge on any atom is 0.138 e. The van der Waals surface area contributed by atoms with E-state index in [0.717, 1.165) is 24.6 Å². The molecule has 0 aromatic carbocycles. The second-order valence-corrected chi connectivity index (χ2v) is 3.62. The second-order valence-electron chi connectivity index (χ2n) is 3.62. The van der Waals surface area contributed by atoms with Crippen LogP contribution in [0, 0.1) is 0 Å². The molecule has 0 atom stereocenters.